The van der Waals surface area contributed by atoms with Gasteiger partial charge in [0.25, 0.3) is 0 Å². The van der Waals surface area contributed by atoms with Crippen LogP contribution in [0.25, 0.3) is 44.5 Å². The molecule has 1 aromatic carbocycles. The Labute approximate surface area is 184 Å². The smallest absolute Gasteiger partial charge is 0.293 e. The summed E-state index contributed by atoms with van der Waals surface area (Å²) in [6.07, 6.45) is 9.97. The van der Waals surface area contributed by atoms with Gasteiger partial charge in [-0.15, -0.1) is 5.10 Å². The SMILES string of the molecule is Cn1cc(-c2ccc(-c3ccc4ncc5c(c4c3)n(C3CCCC3)c(=O)n5C)cn2)nn1. The van der Waals surface area contributed by atoms with Crippen molar-refractivity contribution in [3.05, 3.63) is 59.4 Å². The fraction of sp³-hybridized carbons (Fsp3) is 0.292. The lowest BCUT2D eigenvalue weighted by Crippen LogP contribution is -2.24. The minimum absolute atomic E-state index is 0.0431. The minimum Gasteiger partial charge on any atom is -0.293 e. The Balaban J connectivity index is 1.51. The van der Waals surface area contributed by atoms with Crippen LogP contribution >= 0.6 is 0 Å². The Kier molecular flexibility index (Phi) is 4.21. The molecule has 0 atom stereocenters. The van der Waals surface area contributed by atoms with Crippen molar-refractivity contribution in [2.45, 2.75) is 31.7 Å². The number of nitrogens with zero attached hydrogens (tertiary/aromatic N) is 7. The summed E-state index contributed by atoms with van der Waals surface area (Å²) < 4.78 is 5.39. The molecule has 0 bridgehead atoms. The molecular formula is C24H23N7O. The summed E-state index contributed by atoms with van der Waals surface area (Å²) in [6, 6.07) is 10.5. The number of aromatic nitrogens is 7. The van der Waals surface area contributed by atoms with E-state index in [0.717, 1.165) is 57.3 Å². The van der Waals surface area contributed by atoms with Crippen molar-refractivity contribution < 1.29 is 0 Å². The van der Waals surface area contributed by atoms with Crippen LogP contribution in [0.2, 0.25) is 0 Å². The second-order valence-electron chi connectivity index (χ2n) is 8.58. The van der Waals surface area contributed by atoms with Gasteiger partial charge in [0.1, 0.15) is 5.69 Å². The Morgan fingerprint density at radius 1 is 0.938 bits per heavy atom. The van der Waals surface area contributed by atoms with Crippen LogP contribution in [0.1, 0.15) is 31.7 Å². The average molecular weight is 425 g/mol. The maximum absolute atomic E-state index is 13.1. The molecule has 160 valence electrons. The van der Waals surface area contributed by atoms with Gasteiger partial charge in [0.15, 0.2) is 0 Å². The van der Waals surface area contributed by atoms with Crippen LogP contribution in [0.15, 0.2) is 53.7 Å². The van der Waals surface area contributed by atoms with E-state index in [1.54, 1.807) is 9.25 Å². The number of fused-ring (bicyclic) bond motifs is 3. The first-order valence-corrected chi connectivity index (χ1v) is 10.9. The van der Waals surface area contributed by atoms with Gasteiger partial charge in [-0.2, -0.15) is 0 Å². The van der Waals surface area contributed by atoms with Crippen LogP contribution in [0, 0.1) is 0 Å². The zero-order chi connectivity index (χ0) is 21.8. The highest BCUT2D eigenvalue weighted by Crippen LogP contribution is 2.34. The van der Waals surface area contributed by atoms with Gasteiger partial charge in [0, 0.05) is 37.3 Å². The van der Waals surface area contributed by atoms with Crippen molar-refractivity contribution in [2.75, 3.05) is 0 Å². The minimum atomic E-state index is 0.0431. The van der Waals surface area contributed by atoms with Crippen LogP contribution < -0.4 is 5.69 Å². The molecule has 1 fully saturated rings. The lowest BCUT2D eigenvalue weighted by atomic mass is 10.0. The molecule has 0 radical (unpaired) electrons. The Hall–Kier alpha value is -3.81. The van der Waals surface area contributed by atoms with Crippen molar-refractivity contribution in [3.8, 4) is 22.5 Å². The maximum Gasteiger partial charge on any atom is 0.329 e. The fourth-order valence-corrected chi connectivity index (χ4v) is 4.89. The number of rotatable bonds is 3. The molecule has 5 aromatic rings. The molecule has 1 aliphatic rings. The molecule has 4 aromatic heterocycles. The Bertz CT molecular complexity index is 1520. The van der Waals surface area contributed by atoms with Crippen molar-refractivity contribution in [1.29, 1.82) is 0 Å². The van der Waals surface area contributed by atoms with E-state index in [4.69, 9.17) is 0 Å². The summed E-state index contributed by atoms with van der Waals surface area (Å²) >= 11 is 0. The molecule has 0 unspecified atom stereocenters. The summed E-state index contributed by atoms with van der Waals surface area (Å²) in [4.78, 5) is 22.3. The van der Waals surface area contributed by atoms with Gasteiger partial charge in [0.05, 0.1) is 34.6 Å². The molecule has 0 saturated heterocycles. The number of aryl methyl sites for hydroxylation is 2. The molecule has 0 amide bonds. The third-order valence-electron chi connectivity index (χ3n) is 6.57. The number of imidazole rings is 1. The predicted molar refractivity (Wildman–Crippen MR) is 123 cm³/mol. The monoisotopic (exact) mass is 425 g/mol. The van der Waals surface area contributed by atoms with Crippen LogP contribution in [-0.2, 0) is 14.1 Å². The Morgan fingerprint density at radius 3 is 2.47 bits per heavy atom. The first kappa shape index (κ1) is 18.9. The molecule has 1 aliphatic carbocycles. The van der Waals surface area contributed by atoms with E-state index in [2.05, 4.69) is 32.4 Å². The highest BCUT2D eigenvalue weighted by atomic mass is 16.1. The van der Waals surface area contributed by atoms with Gasteiger partial charge in [0.2, 0.25) is 0 Å². The topological polar surface area (TPSA) is 83.4 Å². The molecule has 0 aliphatic heterocycles. The number of hydrogen-bond acceptors (Lipinski definition) is 5. The third kappa shape index (κ3) is 2.86. The standard InChI is InChI=1S/C24H23N7O/c1-29-14-21(27-28-29)20-10-8-16(12-25-20)15-7-9-19-18(11-15)23-22(13-26-19)30(2)24(32)31(23)17-5-3-4-6-17/h7-14,17H,3-6H2,1-2H3. The van der Waals surface area contributed by atoms with Gasteiger partial charge in [-0.3, -0.25) is 23.8 Å². The first-order chi connectivity index (χ1) is 15.6. The first-order valence-electron chi connectivity index (χ1n) is 10.9. The predicted octanol–water partition coefficient (Wildman–Crippen LogP) is 3.86. The summed E-state index contributed by atoms with van der Waals surface area (Å²) in [5.41, 5.74) is 6.37. The van der Waals surface area contributed by atoms with Gasteiger partial charge in [-0.1, -0.05) is 30.2 Å². The van der Waals surface area contributed by atoms with E-state index in [9.17, 15) is 4.79 Å². The normalized spacial score (nSPS) is 14.7. The summed E-state index contributed by atoms with van der Waals surface area (Å²) in [6.45, 7) is 0. The second kappa shape index (κ2) is 7.12. The summed E-state index contributed by atoms with van der Waals surface area (Å²) in [5.74, 6) is 0. The van der Waals surface area contributed by atoms with Gasteiger partial charge < -0.3 is 0 Å². The van der Waals surface area contributed by atoms with Crippen molar-refractivity contribution in [1.82, 2.24) is 34.1 Å². The molecule has 6 rings (SSSR count). The van der Waals surface area contributed by atoms with Crippen LogP contribution in [0.3, 0.4) is 0 Å². The molecule has 1 saturated carbocycles. The van der Waals surface area contributed by atoms with E-state index in [-0.39, 0.29) is 11.7 Å². The van der Waals surface area contributed by atoms with Crippen LogP contribution in [0.5, 0.6) is 0 Å². The van der Waals surface area contributed by atoms with Gasteiger partial charge in [-0.25, -0.2) is 4.79 Å². The second-order valence-corrected chi connectivity index (χ2v) is 8.58. The maximum atomic E-state index is 13.1. The van der Waals surface area contributed by atoms with Gasteiger partial charge in [-0.05, 0) is 36.6 Å². The fourth-order valence-electron chi connectivity index (χ4n) is 4.89. The lowest BCUT2D eigenvalue weighted by Gasteiger charge is -2.13. The lowest BCUT2D eigenvalue weighted by molar-refractivity contribution is 0.510. The molecule has 32 heavy (non-hydrogen) atoms. The molecule has 4 heterocycles. The van der Waals surface area contributed by atoms with Crippen molar-refractivity contribution in [3.63, 3.8) is 0 Å². The number of benzene rings is 1. The largest absolute Gasteiger partial charge is 0.329 e. The van der Waals surface area contributed by atoms with E-state index in [1.807, 2.05) is 55.5 Å². The third-order valence-corrected chi connectivity index (χ3v) is 6.57. The highest BCUT2D eigenvalue weighted by molar-refractivity contribution is 6.04. The molecule has 0 spiro atoms. The van der Waals surface area contributed by atoms with Gasteiger partial charge >= 0.3 is 5.69 Å². The zero-order valence-corrected chi connectivity index (χ0v) is 18.1. The van der Waals surface area contributed by atoms with E-state index < -0.39 is 0 Å². The van der Waals surface area contributed by atoms with Crippen molar-refractivity contribution in [2.24, 2.45) is 14.1 Å². The number of hydrogen-bond donors (Lipinski definition) is 0. The summed E-state index contributed by atoms with van der Waals surface area (Å²) in [7, 11) is 3.67. The number of pyridine rings is 2. The van der Waals surface area contributed by atoms with Crippen LogP contribution in [0.4, 0.5) is 0 Å². The zero-order valence-electron chi connectivity index (χ0n) is 18.1. The van der Waals surface area contributed by atoms with Crippen molar-refractivity contribution >= 4 is 21.9 Å². The molecule has 8 nitrogen and oxygen atoms in total. The van der Waals surface area contributed by atoms with E-state index >= 15 is 0 Å². The Morgan fingerprint density at radius 2 is 1.75 bits per heavy atom. The molecule has 8 heteroatoms. The van der Waals surface area contributed by atoms with E-state index in [1.165, 1.54) is 12.8 Å². The highest BCUT2D eigenvalue weighted by Gasteiger charge is 2.24. The van der Waals surface area contributed by atoms with Crippen LogP contribution in [-0.4, -0.2) is 34.1 Å². The average Bonchev–Trinajstić information content (AvgIpc) is 3.55. The molecular weight excluding hydrogens is 402 g/mol. The quantitative estimate of drug-likeness (QED) is 0.438. The summed E-state index contributed by atoms with van der Waals surface area (Å²) in [5, 5.41) is 9.11. The van der Waals surface area contributed by atoms with E-state index in [0.29, 0.717) is 0 Å². The molecule has 0 N–H and O–H groups in total.